The lowest BCUT2D eigenvalue weighted by Gasteiger charge is -2.09. The van der Waals surface area contributed by atoms with Gasteiger partial charge >= 0.3 is 0 Å². The number of aromatic nitrogens is 3. The molecule has 0 aliphatic heterocycles. The van der Waals surface area contributed by atoms with Crippen LogP contribution < -0.4 is 14.8 Å². The SMILES string of the molecule is CNCc1ncn(CCOc2ccccc2OC)n1. The number of nitrogens with one attached hydrogen (secondary N) is 1. The van der Waals surface area contributed by atoms with Crippen molar-refractivity contribution in [3.8, 4) is 11.5 Å². The van der Waals surface area contributed by atoms with Gasteiger partial charge in [-0.25, -0.2) is 9.67 Å². The van der Waals surface area contributed by atoms with E-state index in [9.17, 15) is 0 Å². The lowest BCUT2D eigenvalue weighted by Crippen LogP contribution is -2.11. The average molecular weight is 262 g/mol. The highest BCUT2D eigenvalue weighted by Gasteiger charge is 2.03. The van der Waals surface area contributed by atoms with Crippen LogP contribution in [-0.4, -0.2) is 35.5 Å². The number of hydrogen-bond donors (Lipinski definition) is 1. The molecule has 1 N–H and O–H groups in total. The zero-order valence-electron chi connectivity index (χ0n) is 11.2. The molecule has 0 atom stereocenters. The Kier molecular flexibility index (Phi) is 4.74. The van der Waals surface area contributed by atoms with Crippen molar-refractivity contribution in [1.82, 2.24) is 20.1 Å². The first kappa shape index (κ1) is 13.4. The molecule has 6 heteroatoms. The van der Waals surface area contributed by atoms with Crippen LogP contribution in [0, 0.1) is 0 Å². The van der Waals surface area contributed by atoms with Gasteiger partial charge in [0.25, 0.3) is 0 Å². The molecular weight excluding hydrogens is 244 g/mol. The van der Waals surface area contributed by atoms with Crippen molar-refractivity contribution in [3.05, 3.63) is 36.4 Å². The Bertz CT molecular complexity index is 513. The molecule has 19 heavy (non-hydrogen) atoms. The molecule has 2 rings (SSSR count). The lowest BCUT2D eigenvalue weighted by atomic mass is 10.3. The molecule has 2 aromatic rings. The second-order valence-corrected chi connectivity index (χ2v) is 3.95. The lowest BCUT2D eigenvalue weighted by molar-refractivity contribution is 0.274. The van der Waals surface area contributed by atoms with Crippen molar-refractivity contribution in [3.63, 3.8) is 0 Å². The van der Waals surface area contributed by atoms with E-state index in [1.807, 2.05) is 31.3 Å². The first-order valence-electron chi connectivity index (χ1n) is 6.12. The standard InChI is InChI=1S/C13H18N4O2/c1-14-9-13-15-10-17(16-13)7-8-19-12-6-4-3-5-11(12)18-2/h3-6,10,14H,7-9H2,1-2H3. The zero-order valence-corrected chi connectivity index (χ0v) is 11.2. The minimum Gasteiger partial charge on any atom is -0.493 e. The molecule has 102 valence electrons. The van der Waals surface area contributed by atoms with E-state index < -0.39 is 0 Å². The minimum absolute atomic E-state index is 0.517. The predicted octanol–water partition coefficient (Wildman–Crippen LogP) is 1.09. The van der Waals surface area contributed by atoms with Gasteiger partial charge in [0.2, 0.25) is 0 Å². The Labute approximate surface area is 112 Å². The summed E-state index contributed by atoms with van der Waals surface area (Å²) in [6.07, 6.45) is 1.71. The van der Waals surface area contributed by atoms with Gasteiger partial charge in [-0.2, -0.15) is 5.10 Å². The van der Waals surface area contributed by atoms with Gasteiger partial charge in [-0.3, -0.25) is 0 Å². The molecule has 0 unspecified atom stereocenters. The van der Waals surface area contributed by atoms with Gasteiger partial charge in [0.05, 0.1) is 20.2 Å². The van der Waals surface area contributed by atoms with Gasteiger partial charge in [-0.1, -0.05) is 12.1 Å². The fourth-order valence-corrected chi connectivity index (χ4v) is 1.67. The summed E-state index contributed by atoms with van der Waals surface area (Å²) in [6.45, 7) is 1.83. The van der Waals surface area contributed by atoms with Gasteiger partial charge in [0.15, 0.2) is 17.3 Å². The highest BCUT2D eigenvalue weighted by atomic mass is 16.5. The maximum atomic E-state index is 5.67. The zero-order chi connectivity index (χ0) is 13.5. The number of hydrogen-bond acceptors (Lipinski definition) is 5. The van der Waals surface area contributed by atoms with E-state index in [4.69, 9.17) is 9.47 Å². The van der Waals surface area contributed by atoms with Crippen LogP contribution in [0.4, 0.5) is 0 Å². The third-order valence-corrected chi connectivity index (χ3v) is 2.57. The first-order chi connectivity index (χ1) is 9.33. The Morgan fingerprint density at radius 1 is 1.26 bits per heavy atom. The van der Waals surface area contributed by atoms with Crippen LogP contribution in [0.15, 0.2) is 30.6 Å². The number of methoxy groups -OCH3 is 1. The second kappa shape index (κ2) is 6.75. The second-order valence-electron chi connectivity index (χ2n) is 3.95. The van der Waals surface area contributed by atoms with Crippen molar-refractivity contribution in [2.24, 2.45) is 0 Å². The van der Waals surface area contributed by atoms with Crippen LogP contribution in [0.25, 0.3) is 0 Å². The molecule has 0 saturated heterocycles. The molecule has 0 aliphatic carbocycles. The van der Waals surface area contributed by atoms with Crippen molar-refractivity contribution in [2.45, 2.75) is 13.1 Å². The van der Waals surface area contributed by atoms with Crippen LogP contribution in [-0.2, 0) is 13.1 Å². The summed E-state index contributed by atoms with van der Waals surface area (Å²) < 4.78 is 12.7. The number of para-hydroxylation sites is 2. The predicted molar refractivity (Wildman–Crippen MR) is 71.3 cm³/mol. The summed E-state index contributed by atoms with van der Waals surface area (Å²) in [6, 6.07) is 7.58. The molecular formula is C13H18N4O2. The van der Waals surface area contributed by atoms with Gasteiger partial charge in [0.1, 0.15) is 12.9 Å². The van der Waals surface area contributed by atoms with E-state index in [-0.39, 0.29) is 0 Å². The van der Waals surface area contributed by atoms with Crippen molar-refractivity contribution in [2.75, 3.05) is 20.8 Å². The van der Waals surface area contributed by atoms with Crippen LogP contribution in [0.2, 0.25) is 0 Å². The van der Waals surface area contributed by atoms with Crippen LogP contribution in [0.5, 0.6) is 11.5 Å². The van der Waals surface area contributed by atoms with E-state index in [0.29, 0.717) is 19.7 Å². The third-order valence-electron chi connectivity index (χ3n) is 2.57. The molecule has 0 amide bonds. The van der Waals surface area contributed by atoms with E-state index in [1.165, 1.54) is 0 Å². The average Bonchev–Trinajstić information content (AvgIpc) is 2.87. The fraction of sp³-hybridized carbons (Fsp3) is 0.385. The number of ether oxygens (including phenoxy) is 2. The van der Waals surface area contributed by atoms with Crippen LogP contribution in [0.3, 0.4) is 0 Å². The van der Waals surface area contributed by atoms with Crippen molar-refractivity contribution in [1.29, 1.82) is 0 Å². The molecule has 0 aliphatic rings. The smallest absolute Gasteiger partial charge is 0.164 e. The summed E-state index contributed by atoms with van der Waals surface area (Å²) in [5.41, 5.74) is 0. The Hall–Kier alpha value is -2.08. The van der Waals surface area contributed by atoms with E-state index in [1.54, 1.807) is 18.1 Å². The Balaban J connectivity index is 1.85. The summed E-state index contributed by atoms with van der Waals surface area (Å²) in [5, 5.41) is 7.31. The van der Waals surface area contributed by atoms with E-state index in [0.717, 1.165) is 17.3 Å². The van der Waals surface area contributed by atoms with Gasteiger partial charge in [-0.05, 0) is 19.2 Å². The Morgan fingerprint density at radius 3 is 2.79 bits per heavy atom. The summed E-state index contributed by atoms with van der Waals surface area (Å²) in [5.74, 6) is 2.25. The van der Waals surface area contributed by atoms with Crippen molar-refractivity contribution >= 4 is 0 Å². The third kappa shape index (κ3) is 3.69. The van der Waals surface area contributed by atoms with Gasteiger partial charge in [0, 0.05) is 0 Å². The molecule has 1 heterocycles. The molecule has 1 aromatic heterocycles. The molecule has 1 aromatic carbocycles. The van der Waals surface area contributed by atoms with Gasteiger partial charge in [-0.15, -0.1) is 0 Å². The fourth-order valence-electron chi connectivity index (χ4n) is 1.67. The highest BCUT2D eigenvalue weighted by Crippen LogP contribution is 2.25. The maximum absolute atomic E-state index is 5.67. The molecule has 0 saturated carbocycles. The normalized spacial score (nSPS) is 10.4. The number of nitrogens with zero attached hydrogens (tertiary/aromatic N) is 3. The molecule has 0 radical (unpaired) electrons. The van der Waals surface area contributed by atoms with Crippen LogP contribution in [0.1, 0.15) is 5.82 Å². The van der Waals surface area contributed by atoms with Crippen molar-refractivity contribution < 1.29 is 9.47 Å². The number of rotatable bonds is 7. The van der Waals surface area contributed by atoms with E-state index >= 15 is 0 Å². The minimum atomic E-state index is 0.517. The Morgan fingerprint density at radius 2 is 2.05 bits per heavy atom. The quantitative estimate of drug-likeness (QED) is 0.809. The summed E-state index contributed by atoms with van der Waals surface area (Å²) >= 11 is 0. The maximum Gasteiger partial charge on any atom is 0.164 e. The molecule has 0 fully saturated rings. The van der Waals surface area contributed by atoms with Gasteiger partial charge < -0.3 is 14.8 Å². The van der Waals surface area contributed by atoms with Crippen LogP contribution >= 0.6 is 0 Å². The molecule has 0 spiro atoms. The molecule has 0 bridgehead atoms. The topological polar surface area (TPSA) is 61.2 Å². The summed E-state index contributed by atoms with van der Waals surface area (Å²) in [4.78, 5) is 4.17. The first-order valence-corrected chi connectivity index (χ1v) is 6.12. The van der Waals surface area contributed by atoms with E-state index in [2.05, 4.69) is 15.4 Å². The number of benzene rings is 1. The molecule has 6 nitrogen and oxygen atoms in total. The monoisotopic (exact) mass is 262 g/mol. The summed E-state index contributed by atoms with van der Waals surface area (Å²) in [7, 11) is 3.50. The largest absolute Gasteiger partial charge is 0.493 e. The highest BCUT2D eigenvalue weighted by molar-refractivity contribution is 5.39.